The molecule has 0 amide bonds. The second-order valence-corrected chi connectivity index (χ2v) is 9.53. The van der Waals surface area contributed by atoms with Gasteiger partial charge in [0, 0.05) is 49.4 Å². The van der Waals surface area contributed by atoms with Crippen LogP contribution in [0.1, 0.15) is 22.0 Å². The maximum absolute atomic E-state index is 12.9. The van der Waals surface area contributed by atoms with E-state index in [1.54, 1.807) is 17.8 Å². The number of nitrogens with zero attached hydrogens (tertiary/aromatic N) is 6. The molecule has 142 valence electrons. The number of hydrogen-bond donors (Lipinski definition) is 1. The van der Waals surface area contributed by atoms with Gasteiger partial charge in [-0.25, -0.2) is 28.4 Å². The van der Waals surface area contributed by atoms with Gasteiger partial charge >= 0.3 is 0 Å². The van der Waals surface area contributed by atoms with Crippen LogP contribution in [0, 0.1) is 13.8 Å². The Balaban J connectivity index is 1.69. The number of sulfonamides is 1. The Morgan fingerprint density at radius 3 is 2.70 bits per heavy atom. The van der Waals surface area contributed by atoms with Gasteiger partial charge in [-0.15, -0.1) is 11.3 Å². The van der Waals surface area contributed by atoms with Crippen LogP contribution in [-0.2, 0) is 30.0 Å². The molecular formula is C16H19N7O2S2. The summed E-state index contributed by atoms with van der Waals surface area (Å²) in [6, 6.07) is 0. The Morgan fingerprint density at radius 2 is 2.04 bits per heavy atom. The van der Waals surface area contributed by atoms with Crippen LogP contribution in [0.15, 0.2) is 23.7 Å². The number of rotatable bonds is 4. The molecule has 1 aliphatic rings. The molecule has 0 atom stereocenters. The monoisotopic (exact) mass is 405 g/mol. The molecule has 1 N–H and O–H groups in total. The Hall–Kier alpha value is -2.37. The maximum Gasteiger partial charge on any atom is 0.262 e. The van der Waals surface area contributed by atoms with Gasteiger partial charge in [-0.2, -0.15) is 4.31 Å². The predicted molar refractivity (Wildman–Crippen MR) is 101 cm³/mol. The van der Waals surface area contributed by atoms with Gasteiger partial charge in [0.15, 0.2) is 10.2 Å². The molecule has 1 aliphatic heterocycles. The minimum absolute atomic E-state index is 0.0477. The van der Waals surface area contributed by atoms with Crippen LogP contribution in [0.2, 0.25) is 0 Å². The molecule has 4 rings (SSSR count). The Kier molecular flexibility index (Phi) is 4.44. The summed E-state index contributed by atoms with van der Waals surface area (Å²) in [6.45, 7) is 4.36. The van der Waals surface area contributed by atoms with E-state index in [4.69, 9.17) is 0 Å². The molecule has 0 aromatic carbocycles. The molecule has 0 aliphatic carbocycles. The van der Waals surface area contributed by atoms with E-state index >= 15 is 0 Å². The number of thiazole rings is 1. The Bertz CT molecular complexity index is 1100. The van der Waals surface area contributed by atoms with Gasteiger partial charge in [0.05, 0.1) is 12.0 Å². The highest BCUT2D eigenvalue weighted by atomic mass is 32.2. The second kappa shape index (κ2) is 6.66. The molecule has 0 saturated carbocycles. The third kappa shape index (κ3) is 3.45. The zero-order valence-corrected chi connectivity index (χ0v) is 16.8. The molecule has 9 nitrogen and oxygen atoms in total. The van der Waals surface area contributed by atoms with Crippen LogP contribution in [0.5, 0.6) is 0 Å². The third-order valence-corrected chi connectivity index (χ3v) is 6.83. The van der Waals surface area contributed by atoms with Crippen molar-refractivity contribution < 1.29 is 8.42 Å². The summed E-state index contributed by atoms with van der Waals surface area (Å²) in [4.78, 5) is 18.4. The van der Waals surface area contributed by atoms with E-state index in [2.05, 4.69) is 25.3 Å². The molecular weight excluding hydrogens is 386 g/mol. The minimum atomic E-state index is -3.67. The van der Waals surface area contributed by atoms with Crippen molar-refractivity contribution in [1.29, 1.82) is 0 Å². The van der Waals surface area contributed by atoms with Gasteiger partial charge < -0.3 is 9.88 Å². The van der Waals surface area contributed by atoms with E-state index in [1.165, 1.54) is 28.2 Å². The number of fused-ring (bicyclic) bond motifs is 1. The van der Waals surface area contributed by atoms with Gasteiger partial charge in [0.1, 0.15) is 11.6 Å². The Labute approximate surface area is 161 Å². The van der Waals surface area contributed by atoms with Gasteiger partial charge in [-0.05, 0) is 13.8 Å². The molecule has 3 aromatic rings. The largest absolute Gasteiger partial charge is 0.339 e. The molecule has 27 heavy (non-hydrogen) atoms. The fraction of sp³-hybridized carbons (Fsp3) is 0.375. The van der Waals surface area contributed by atoms with Crippen LogP contribution < -0.4 is 5.32 Å². The standard InChI is InChI=1S/C16H19N7O2S2/c1-10-6-17-16(26-10)21-15-12-7-23(5-4-13(12)19-11(2)20-15)27(24,25)14-8-22(3)9-18-14/h6,8-9H,4-5,7H2,1-3H3,(H,17,19,20,21). The molecule has 0 fully saturated rings. The first-order valence-electron chi connectivity index (χ1n) is 8.37. The summed E-state index contributed by atoms with van der Waals surface area (Å²) in [6.07, 6.45) is 5.30. The number of aromatic nitrogens is 5. The number of hydrogen-bond acceptors (Lipinski definition) is 8. The Morgan fingerprint density at radius 1 is 1.22 bits per heavy atom. The SMILES string of the molecule is Cc1nc2c(c(Nc3ncc(C)s3)n1)CN(S(=O)(=O)c1cn(C)cn1)CC2. The van der Waals surface area contributed by atoms with Crippen molar-refractivity contribution in [1.82, 2.24) is 28.8 Å². The van der Waals surface area contributed by atoms with E-state index in [0.29, 0.717) is 24.6 Å². The van der Waals surface area contributed by atoms with Crippen molar-refractivity contribution >= 4 is 32.3 Å². The van der Waals surface area contributed by atoms with Crippen molar-refractivity contribution in [2.24, 2.45) is 7.05 Å². The van der Waals surface area contributed by atoms with E-state index in [9.17, 15) is 8.42 Å². The summed E-state index contributed by atoms with van der Waals surface area (Å²) < 4.78 is 28.9. The quantitative estimate of drug-likeness (QED) is 0.705. The van der Waals surface area contributed by atoms with Crippen molar-refractivity contribution in [3.63, 3.8) is 0 Å². The summed E-state index contributed by atoms with van der Waals surface area (Å²) in [5, 5.41) is 3.99. The van der Waals surface area contributed by atoms with Crippen LogP contribution in [0.4, 0.5) is 10.9 Å². The number of nitrogens with one attached hydrogen (secondary N) is 1. The predicted octanol–water partition coefficient (Wildman–Crippen LogP) is 1.77. The lowest BCUT2D eigenvalue weighted by atomic mass is 10.1. The zero-order valence-electron chi connectivity index (χ0n) is 15.2. The molecule has 4 heterocycles. The molecule has 0 radical (unpaired) electrons. The molecule has 0 bridgehead atoms. The second-order valence-electron chi connectivity index (χ2n) is 6.41. The summed E-state index contributed by atoms with van der Waals surface area (Å²) >= 11 is 1.52. The topological polar surface area (TPSA) is 106 Å². The lowest BCUT2D eigenvalue weighted by Crippen LogP contribution is -2.37. The molecule has 0 spiro atoms. The highest BCUT2D eigenvalue weighted by Gasteiger charge is 2.32. The molecule has 0 saturated heterocycles. The van der Waals surface area contributed by atoms with Crippen molar-refractivity contribution in [2.75, 3.05) is 11.9 Å². The molecule has 3 aromatic heterocycles. The van der Waals surface area contributed by atoms with E-state index in [0.717, 1.165) is 21.3 Å². The van der Waals surface area contributed by atoms with Crippen molar-refractivity contribution in [3.05, 3.63) is 40.7 Å². The van der Waals surface area contributed by atoms with Crippen LogP contribution in [0.25, 0.3) is 0 Å². The third-order valence-electron chi connectivity index (χ3n) is 4.27. The first kappa shape index (κ1) is 18.0. The van der Waals surface area contributed by atoms with Crippen LogP contribution in [0.3, 0.4) is 0 Å². The van der Waals surface area contributed by atoms with Crippen LogP contribution >= 0.6 is 11.3 Å². The highest BCUT2D eigenvalue weighted by molar-refractivity contribution is 7.89. The number of aryl methyl sites for hydroxylation is 3. The highest BCUT2D eigenvalue weighted by Crippen LogP contribution is 2.30. The number of anilines is 2. The number of imidazole rings is 1. The van der Waals surface area contributed by atoms with Gasteiger partial charge in [0.25, 0.3) is 10.0 Å². The summed E-state index contributed by atoms with van der Waals surface area (Å²) in [7, 11) is -1.93. The molecule has 11 heteroatoms. The normalized spacial score (nSPS) is 14.9. The fourth-order valence-electron chi connectivity index (χ4n) is 2.99. The smallest absolute Gasteiger partial charge is 0.262 e. The summed E-state index contributed by atoms with van der Waals surface area (Å²) in [5.41, 5.74) is 1.64. The minimum Gasteiger partial charge on any atom is -0.339 e. The van der Waals surface area contributed by atoms with Gasteiger partial charge in [0.2, 0.25) is 0 Å². The molecule has 0 unspecified atom stereocenters. The van der Waals surface area contributed by atoms with Gasteiger partial charge in [-0.1, -0.05) is 0 Å². The lowest BCUT2D eigenvalue weighted by Gasteiger charge is -2.28. The van der Waals surface area contributed by atoms with Crippen molar-refractivity contribution in [3.8, 4) is 0 Å². The first-order chi connectivity index (χ1) is 12.8. The van der Waals surface area contributed by atoms with Crippen molar-refractivity contribution in [2.45, 2.75) is 31.8 Å². The zero-order chi connectivity index (χ0) is 19.2. The lowest BCUT2D eigenvalue weighted by molar-refractivity contribution is 0.386. The summed E-state index contributed by atoms with van der Waals surface area (Å²) in [5.74, 6) is 1.25. The maximum atomic E-state index is 12.9. The van der Waals surface area contributed by atoms with Gasteiger partial charge in [-0.3, -0.25) is 0 Å². The van der Waals surface area contributed by atoms with E-state index in [1.807, 2.05) is 13.8 Å². The average molecular weight is 406 g/mol. The first-order valence-corrected chi connectivity index (χ1v) is 10.6. The fourth-order valence-corrected chi connectivity index (χ4v) is 5.03. The van der Waals surface area contributed by atoms with Crippen LogP contribution in [-0.4, -0.2) is 43.8 Å². The van der Waals surface area contributed by atoms with E-state index < -0.39 is 10.0 Å². The van der Waals surface area contributed by atoms with E-state index in [-0.39, 0.29) is 11.6 Å². The average Bonchev–Trinajstić information content (AvgIpc) is 3.23.